The van der Waals surface area contributed by atoms with Crippen LogP contribution in [0.4, 0.5) is 4.79 Å². The van der Waals surface area contributed by atoms with Gasteiger partial charge in [-0.25, -0.2) is 9.68 Å². The fourth-order valence-electron chi connectivity index (χ4n) is 2.42. The summed E-state index contributed by atoms with van der Waals surface area (Å²) in [6.45, 7) is 16.4. The molecular weight excluding hydrogens is 296 g/mol. The molecule has 0 heterocycles. The van der Waals surface area contributed by atoms with E-state index in [2.05, 4.69) is 44.5 Å². The highest BCUT2D eigenvalue weighted by molar-refractivity contribution is 5.59. The molecule has 0 fully saturated rings. The van der Waals surface area contributed by atoms with Gasteiger partial charge in [-0.05, 0) is 62.3 Å². The van der Waals surface area contributed by atoms with Gasteiger partial charge in [-0.3, -0.25) is 0 Å². The first kappa shape index (κ1) is 22.2. The van der Waals surface area contributed by atoms with Crippen LogP contribution in [0.2, 0.25) is 0 Å². The van der Waals surface area contributed by atoms with E-state index in [4.69, 9.17) is 9.62 Å². The van der Waals surface area contributed by atoms with Crippen molar-refractivity contribution < 1.29 is 24.3 Å². The van der Waals surface area contributed by atoms with Gasteiger partial charge in [0.25, 0.3) is 0 Å². The second kappa shape index (κ2) is 10.9. The average molecular weight is 332 g/mol. The van der Waals surface area contributed by atoms with Gasteiger partial charge in [-0.1, -0.05) is 41.5 Å². The van der Waals surface area contributed by atoms with Gasteiger partial charge in [0.15, 0.2) is 0 Å². The molecule has 5 nitrogen and oxygen atoms in total. The lowest BCUT2D eigenvalue weighted by Crippen LogP contribution is -2.26. The van der Waals surface area contributed by atoms with Crippen LogP contribution in [0.3, 0.4) is 0 Å². The van der Waals surface area contributed by atoms with E-state index >= 15 is 0 Å². The van der Waals surface area contributed by atoms with Crippen molar-refractivity contribution in [3.05, 3.63) is 0 Å². The van der Waals surface area contributed by atoms with Crippen LogP contribution in [0.5, 0.6) is 0 Å². The number of rotatable bonds is 11. The molecule has 0 aromatic heterocycles. The molecule has 138 valence electrons. The fraction of sp³-hybridized carbons (Fsp3) is 0.944. The minimum atomic E-state index is -0.848. The zero-order chi connectivity index (χ0) is 18.0. The van der Waals surface area contributed by atoms with E-state index in [0.717, 1.165) is 25.7 Å². The molecule has 0 radical (unpaired) electrons. The maximum absolute atomic E-state index is 11.8. The second-order valence-corrected chi connectivity index (χ2v) is 7.94. The van der Waals surface area contributed by atoms with Crippen molar-refractivity contribution in [1.29, 1.82) is 0 Å². The zero-order valence-electron chi connectivity index (χ0n) is 16.2. The van der Waals surface area contributed by atoms with Gasteiger partial charge in [0, 0.05) is 0 Å². The Kier molecular flexibility index (Phi) is 10.5. The number of ether oxygens (including phenoxy) is 1. The van der Waals surface area contributed by atoms with Crippen LogP contribution >= 0.6 is 0 Å². The summed E-state index contributed by atoms with van der Waals surface area (Å²) in [7, 11) is 0. The first-order valence-electron chi connectivity index (χ1n) is 8.78. The Bertz CT molecular complexity index is 325. The summed E-state index contributed by atoms with van der Waals surface area (Å²) >= 11 is 0. The molecular formula is C18H36O5. The molecule has 0 rings (SSSR count). The van der Waals surface area contributed by atoms with Crippen molar-refractivity contribution in [2.75, 3.05) is 0 Å². The van der Waals surface area contributed by atoms with Crippen LogP contribution < -0.4 is 0 Å². The van der Waals surface area contributed by atoms with E-state index in [9.17, 15) is 4.79 Å². The SMILES string of the molecule is CCC(C)(C)OOOC(=O)OC(CC(C)C)CC(C)CC(C)C. The molecule has 0 aliphatic heterocycles. The molecule has 0 aromatic rings. The van der Waals surface area contributed by atoms with Gasteiger partial charge in [-0.2, -0.15) is 4.89 Å². The highest BCUT2D eigenvalue weighted by Crippen LogP contribution is 2.22. The zero-order valence-corrected chi connectivity index (χ0v) is 16.2. The van der Waals surface area contributed by atoms with Gasteiger partial charge < -0.3 is 4.74 Å². The van der Waals surface area contributed by atoms with Gasteiger partial charge in [0.1, 0.15) is 11.7 Å². The highest BCUT2D eigenvalue weighted by Gasteiger charge is 2.23. The van der Waals surface area contributed by atoms with Crippen LogP contribution in [-0.2, 0) is 19.6 Å². The Morgan fingerprint density at radius 3 is 2.00 bits per heavy atom. The molecule has 2 atom stereocenters. The Morgan fingerprint density at radius 2 is 1.52 bits per heavy atom. The van der Waals surface area contributed by atoms with Crippen molar-refractivity contribution >= 4 is 6.16 Å². The number of carbonyl (C=O) groups is 1. The molecule has 0 aliphatic rings. The van der Waals surface area contributed by atoms with Crippen LogP contribution in [0.1, 0.15) is 81.1 Å². The maximum atomic E-state index is 11.8. The number of hydrogen-bond acceptors (Lipinski definition) is 5. The van der Waals surface area contributed by atoms with E-state index in [1.54, 1.807) is 0 Å². The summed E-state index contributed by atoms with van der Waals surface area (Å²) in [5.41, 5.74) is -0.511. The summed E-state index contributed by atoms with van der Waals surface area (Å²) in [5, 5.41) is 4.55. The normalized spacial score (nSPS) is 14.9. The van der Waals surface area contributed by atoms with Crippen molar-refractivity contribution in [3.63, 3.8) is 0 Å². The summed E-state index contributed by atoms with van der Waals surface area (Å²) in [6.07, 6.45) is 2.45. The van der Waals surface area contributed by atoms with Gasteiger partial charge in [0.2, 0.25) is 0 Å². The fourth-order valence-corrected chi connectivity index (χ4v) is 2.42. The Balaban J connectivity index is 4.33. The topological polar surface area (TPSA) is 54.0 Å². The number of hydrogen-bond donors (Lipinski definition) is 0. The predicted molar refractivity (Wildman–Crippen MR) is 90.6 cm³/mol. The standard InChI is InChI=1S/C18H36O5/c1-9-18(7,8)22-23-21-17(19)20-16(11-14(4)5)12-15(6)10-13(2)3/h13-16H,9-12H2,1-8H3. The summed E-state index contributed by atoms with van der Waals surface area (Å²) in [4.78, 5) is 21.4. The smallest absolute Gasteiger partial charge is 0.429 e. The van der Waals surface area contributed by atoms with Crippen molar-refractivity contribution in [1.82, 2.24) is 0 Å². The first-order chi connectivity index (χ1) is 10.6. The molecule has 2 unspecified atom stereocenters. The maximum Gasteiger partial charge on any atom is 0.542 e. The van der Waals surface area contributed by atoms with Crippen LogP contribution in [0.15, 0.2) is 0 Å². The van der Waals surface area contributed by atoms with E-state index in [1.807, 2.05) is 20.8 Å². The van der Waals surface area contributed by atoms with E-state index in [1.165, 1.54) is 0 Å². The summed E-state index contributed by atoms with van der Waals surface area (Å²) < 4.78 is 5.40. The van der Waals surface area contributed by atoms with Crippen LogP contribution in [0.25, 0.3) is 0 Å². The first-order valence-corrected chi connectivity index (χ1v) is 8.78. The molecule has 0 saturated carbocycles. The second-order valence-electron chi connectivity index (χ2n) is 7.94. The van der Waals surface area contributed by atoms with Crippen LogP contribution in [-0.4, -0.2) is 17.9 Å². The quantitative estimate of drug-likeness (QED) is 0.277. The molecule has 0 aromatic carbocycles. The lowest BCUT2D eigenvalue weighted by Gasteiger charge is -2.23. The van der Waals surface area contributed by atoms with Crippen molar-refractivity contribution in [3.8, 4) is 0 Å². The lowest BCUT2D eigenvalue weighted by molar-refractivity contribution is -0.517. The predicted octanol–water partition coefficient (Wildman–Crippen LogP) is 5.68. The molecule has 23 heavy (non-hydrogen) atoms. The largest absolute Gasteiger partial charge is 0.542 e. The van der Waals surface area contributed by atoms with Crippen molar-refractivity contribution in [2.45, 2.75) is 92.8 Å². The molecule has 5 heteroatoms. The number of carbonyl (C=O) groups excluding carboxylic acids is 1. The minimum absolute atomic E-state index is 0.168. The van der Waals surface area contributed by atoms with Gasteiger partial charge >= 0.3 is 6.16 Å². The van der Waals surface area contributed by atoms with Crippen LogP contribution in [0, 0.1) is 17.8 Å². The van der Waals surface area contributed by atoms with E-state index in [0.29, 0.717) is 17.8 Å². The van der Waals surface area contributed by atoms with Gasteiger partial charge in [0.05, 0.1) is 0 Å². The van der Waals surface area contributed by atoms with E-state index < -0.39 is 11.8 Å². The highest BCUT2D eigenvalue weighted by atomic mass is 17.5. The third-order valence-electron chi connectivity index (χ3n) is 3.75. The average Bonchev–Trinajstić information content (AvgIpc) is 2.36. The molecule has 0 bridgehead atoms. The Morgan fingerprint density at radius 1 is 0.957 bits per heavy atom. The molecule has 0 aliphatic carbocycles. The minimum Gasteiger partial charge on any atom is -0.429 e. The molecule has 0 N–H and O–H groups in total. The van der Waals surface area contributed by atoms with Crippen molar-refractivity contribution in [2.24, 2.45) is 17.8 Å². The van der Waals surface area contributed by atoms with E-state index in [-0.39, 0.29) is 6.10 Å². The summed E-state index contributed by atoms with van der Waals surface area (Å²) in [6, 6.07) is 0. The summed E-state index contributed by atoms with van der Waals surface area (Å²) in [5.74, 6) is 1.56. The van der Waals surface area contributed by atoms with Gasteiger partial charge in [-0.15, -0.1) is 0 Å². The lowest BCUT2D eigenvalue weighted by atomic mass is 9.91. The molecule has 0 saturated heterocycles. The Labute approximate surface area is 141 Å². The molecule has 0 spiro atoms. The third kappa shape index (κ3) is 12.3. The Hall–Kier alpha value is -0.810. The molecule has 0 amide bonds. The monoisotopic (exact) mass is 332 g/mol. The third-order valence-corrected chi connectivity index (χ3v) is 3.75.